The first kappa shape index (κ1) is 17.9. The van der Waals surface area contributed by atoms with Gasteiger partial charge in [-0.05, 0) is 43.3 Å². The lowest BCUT2D eigenvalue weighted by Crippen LogP contribution is -1.98. The molecule has 0 heterocycles. The van der Waals surface area contributed by atoms with Gasteiger partial charge in [0.1, 0.15) is 0 Å². The molecule has 2 aromatic carbocycles. The maximum atomic E-state index is 10.9. The SMILES string of the molecule is CC(=O)c1ccc(Br)cc1.O=C(CCl)c1ccc(Cl)cc1. The van der Waals surface area contributed by atoms with Gasteiger partial charge in [0.25, 0.3) is 0 Å². The Balaban J connectivity index is 0.000000211. The molecule has 2 aromatic rings. The number of hydrogen-bond acceptors (Lipinski definition) is 2. The number of ketones is 2. The van der Waals surface area contributed by atoms with E-state index in [1.807, 2.05) is 12.1 Å². The Bertz CT molecular complexity index is 607. The Morgan fingerprint density at radius 1 is 0.952 bits per heavy atom. The molecule has 0 aromatic heterocycles. The average molecular weight is 388 g/mol. The first-order chi connectivity index (χ1) is 9.93. The maximum absolute atomic E-state index is 10.9. The first-order valence-corrected chi connectivity index (χ1v) is 7.76. The lowest BCUT2D eigenvalue weighted by molar-refractivity contribution is 0.101. The van der Waals surface area contributed by atoms with Crippen LogP contribution in [0, 0.1) is 0 Å². The summed E-state index contributed by atoms with van der Waals surface area (Å²) in [7, 11) is 0. The fourth-order valence-corrected chi connectivity index (χ4v) is 1.94. The molecule has 2 rings (SSSR count). The van der Waals surface area contributed by atoms with Crippen LogP contribution in [0.5, 0.6) is 0 Å². The van der Waals surface area contributed by atoms with Crippen molar-refractivity contribution in [3.63, 3.8) is 0 Å². The summed E-state index contributed by atoms with van der Waals surface area (Å²) in [5.41, 5.74) is 1.35. The number of rotatable bonds is 3. The molecule has 21 heavy (non-hydrogen) atoms. The van der Waals surface area contributed by atoms with Gasteiger partial charge in [-0.25, -0.2) is 0 Å². The van der Waals surface area contributed by atoms with E-state index in [2.05, 4.69) is 15.9 Å². The second-order valence-electron chi connectivity index (χ2n) is 4.13. The van der Waals surface area contributed by atoms with Crippen molar-refractivity contribution in [1.82, 2.24) is 0 Å². The van der Waals surface area contributed by atoms with E-state index in [1.54, 1.807) is 43.3 Å². The van der Waals surface area contributed by atoms with Crippen molar-refractivity contribution in [3.8, 4) is 0 Å². The van der Waals surface area contributed by atoms with Gasteiger partial charge in [0.05, 0.1) is 5.88 Å². The minimum atomic E-state index is -0.0802. The van der Waals surface area contributed by atoms with Crippen molar-refractivity contribution in [2.75, 3.05) is 5.88 Å². The summed E-state index contributed by atoms with van der Waals surface area (Å²) in [6.45, 7) is 1.56. The van der Waals surface area contributed by atoms with Gasteiger partial charge in [0.2, 0.25) is 0 Å². The summed E-state index contributed by atoms with van der Waals surface area (Å²) in [6, 6.07) is 14.0. The average Bonchev–Trinajstić information content (AvgIpc) is 2.48. The molecule has 0 spiro atoms. The van der Waals surface area contributed by atoms with Gasteiger partial charge in [0.15, 0.2) is 11.6 Å². The third-order valence-electron chi connectivity index (χ3n) is 2.54. The standard InChI is InChI=1S/C8H7BrO.C8H6Cl2O/c1-6(10)7-2-4-8(9)5-3-7;9-5-8(11)6-1-3-7(10)4-2-6/h2-5H,1H3;1-4H,5H2. The van der Waals surface area contributed by atoms with Crippen molar-refractivity contribution >= 4 is 50.7 Å². The van der Waals surface area contributed by atoms with Gasteiger partial charge >= 0.3 is 0 Å². The van der Waals surface area contributed by atoms with E-state index >= 15 is 0 Å². The molecule has 0 N–H and O–H groups in total. The molecule has 0 fully saturated rings. The van der Waals surface area contributed by atoms with Gasteiger partial charge in [-0.15, -0.1) is 11.6 Å². The predicted octanol–water partition coefficient (Wildman–Crippen LogP) is 5.41. The number of Topliss-reactive ketones (excluding diaryl/α,β-unsaturated/α-hetero) is 2. The quantitative estimate of drug-likeness (QED) is 0.520. The highest BCUT2D eigenvalue weighted by atomic mass is 79.9. The van der Waals surface area contributed by atoms with Crippen LogP contribution in [0.15, 0.2) is 53.0 Å². The van der Waals surface area contributed by atoms with Crippen molar-refractivity contribution in [2.45, 2.75) is 6.92 Å². The van der Waals surface area contributed by atoms with Crippen molar-refractivity contribution in [2.24, 2.45) is 0 Å². The number of carbonyl (C=O) groups is 2. The summed E-state index contributed by atoms with van der Waals surface area (Å²) >= 11 is 14.2. The van der Waals surface area contributed by atoms with Gasteiger partial charge in [-0.3, -0.25) is 9.59 Å². The van der Waals surface area contributed by atoms with E-state index in [-0.39, 0.29) is 17.4 Å². The summed E-state index contributed by atoms with van der Waals surface area (Å²) in [6.07, 6.45) is 0. The van der Waals surface area contributed by atoms with Gasteiger partial charge in [-0.2, -0.15) is 0 Å². The number of benzene rings is 2. The van der Waals surface area contributed by atoms with Crippen LogP contribution in [0.4, 0.5) is 0 Å². The van der Waals surface area contributed by atoms with Crippen LogP contribution in [0.2, 0.25) is 5.02 Å². The van der Waals surface area contributed by atoms with Crippen LogP contribution in [0.3, 0.4) is 0 Å². The zero-order chi connectivity index (χ0) is 15.8. The topological polar surface area (TPSA) is 34.1 Å². The third kappa shape index (κ3) is 6.42. The molecule has 110 valence electrons. The summed E-state index contributed by atoms with van der Waals surface area (Å²) in [5.74, 6) is 0.0394. The van der Waals surface area contributed by atoms with E-state index < -0.39 is 0 Å². The number of halogens is 3. The molecule has 0 radical (unpaired) electrons. The Morgan fingerprint density at radius 2 is 1.43 bits per heavy atom. The van der Waals surface area contributed by atoms with Crippen LogP contribution in [0.25, 0.3) is 0 Å². The molecule has 0 unspecified atom stereocenters. The molecule has 0 atom stereocenters. The smallest absolute Gasteiger partial charge is 0.177 e. The van der Waals surface area contributed by atoms with Crippen LogP contribution in [0.1, 0.15) is 27.6 Å². The number of alkyl halides is 1. The highest BCUT2D eigenvalue weighted by molar-refractivity contribution is 9.10. The Hall–Kier alpha value is -1.16. The van der Waals surface area contributed by atoms with Crippen molar-refractivity contribution in [1.29, 1.82) is 0 Å². The van der Waals surface area contributed by atoms with Crippen LogP contribution in [-0.4, -0.2) is 17.4 Å². The lowest BCUT2D eigenvalue weighted by atomic mass is 10.2. The molecule has 0 saturated heterocycles. The first-order valence-electron chi connectivity index (χ1n) is 6.05. The van der Waals surface area contributed by atoms with E-state index in [0.29, 0.717) is 10.6 Å². The van der Waals surface area contributed by atoms with Crippen molar-refractivity contribution < 1.29 is 9.59 Å². The van der Waals surface area contributed by atoms with E-state index in [0.717, 1.165) is 10.0 Å². The molecular weight excluding hydrogens is 375 g/mol. The van der Waals surface area contributed by atoms with Gasteiger partial charge < -0.3 is 0 Å². The highest BCUT2D eigenvalue weighted by Gasteiger charge is 2.01. The lowest BCUT2D eigenvalue weighted by Gasteiger charge is -1.95. The fourth-order valence-electron chi connectivity index (χ4n) is 1.40. The van der Waals surface area contributed by atoms with E-state index in [9.17, 15) is 9.59 Å². The minimum absolute atomic E-state index is 0.0155. The Labute approximate surface area is 142 Å². The zero-order valence-corrected chi connectivity index (χ0v) is 14.4. The molecule has 0 aliphatic heterocycles. The molecular formula is C16H13BrCl2O2. The molecule has 0 aliphatic rings. The van der Waals surface area contributed by atoms with E-state index in [1.165, 1.54) is 0 Å². The molecule has 2 nitrogen and oxygen atoms in total. The summed E-state index contributed by atoms with van der Waals surface area (Å²) in [5, 5.41) is 0.621. The Kier molecular flexibility index (Phi) is 7.65. The molecule has 0 aliphatic carbocycles. The maximum Gasteiger partial charge on any atom is 0.177 e. The zero-order valence-electron chi connectivity index (χ0n) is 11.3. The largest absolute Gasteiger partial charge is 0.295 e. The monoisotopic (exact) mass is 386 g/mol. The number of carbonyl (C=O) groups excluding carboxylic acids is 2. The van der Waals surface area contributed by atoms with Gasteiger partial charge in [-0.1, -0.05) is 39.7 Å². The molecule has 0 saturated carbocycles. The second kappa shape index (κ2) is 8.98. The second-order valence-corrected chi connectivity index (χ2v) is 5.75. The van der Waals surface area contributed by atoms with E-state index in [4.69, 9.17) is 23.2 Å². The van der Waals surface area contributed by atoms with Gasteiger partial charge in [0, 0.05) is 20.6 Å². The van der Waals surface area contributed by atoms with Crippen LogP contribution < -0.4 is 0 Å². The molecule has 0 amide bonds. The minimum Gasteiger partial charge on any atom is -0.295 e. The molecule has 0 bridgehead atoms. The predicted molar refractivity (Wildman–Crippen MR) is 90.6 cm³/mol. The molecule has 5 heteroatoms. The van der Waals surface area contributed by atoms with Crippen molar-refractivity contribution in [3.05, 3.63) is 69.2 Å². The summed E-state index contributed by atoms with van der Waals surface area (Å²) < 4.78 is 0.998. The van der Waals surface area contributed by atoms with Crippen LogP contribution in [-0.2, 0) is 0 Å². The normalized spacial score (nSPS) is 9.52. The Morgan fingerprint density at radius 3 is 1.86 bits per heavy atom. The number of hydrogen-bond donors (Lipinski definition) is 0. The third-order valence-corrected chi connectivity index (χ3v) is 3.56. The highest BCUT2D eigenvalue weighted by Crippen LogP contribution is 2.11. The fraction of sp³-hybridized carbons (Fsp3) is 0.125. The van der Waals surface area contributed by atoms with Crippen LogP contribution >= 0.6 is 39.1 Å². The summed E-state index contributed by atoms with van der Waals surface area (Å²) in [4.78, 5) is 21.7.